The minimum atomic E-state index is -0.801. The average molecular weight is 389 g/mol. The minimum absolute atomic E-state index is 0.0691. The summed E-state index contributed by atoms with van der Waals surface area (Å²) in [6, 6.07) is 7.43. The molecule has 0 spiro atoms. The van der Waals surface area contributed by atoms with Gasteiger partial charge in [-0.05, 0) is 37.1 Å². The number of ether oxygens (including phenoxy) is 2. The molecule has 1 aliphatic heterocycles. The number of nitriles is 1. The fraction of sp³-hybridized carbons (Fsp3) is 0.450. The highest BCUT2D eigenvalue weighted by Crippen LogP contribution is 2.32. The van der Waals surface area contributed by atoms with E-state index < -0.39 is 18.1 Å². The molecule has 0 radical (unpaired) electrons. The zero-order valence-electron chi connectivity index (χ0n) is 15.2. The molecule has 1 aromatic rings. The first-order valence-electron chi connectivity index (χ1n) is 8.93. The van der Waals surface area contributed by atoms with Gasteiger partial charge in [0.25, 0.3) is 5.91 Å². The monoisotopic (exact) mass is 388 g/mol. The highest BCUT2D eigenvalue weighted by atomic mass is 35.5. The summed E-state index contributed by atoms with van der Waals surface area (Å²) < 4.78 is 10.7. The topological polar surface area (TPSA) is 79.6 Å². The molecule has 2 aliphatic rings. The van der Waals surface area contributed by atoms with Gasteiger partial charge in [0.2, 0.25) is 0 Å². The second-order valence-corrected chi connectivity index (χ2v) is 7.31. The molecule has 1 aromatic carbocycles. The third-order valence-corrected chi connectivity index (χ3v) is 5.41. The number of fused-ring (bicyclic) bond motifs is 1. The van der Waals surface area contributed by atoms with Crippen molar-refractivity contribution in [2.75, 3.05) is 20.3 Å². The molecule has 1 saturated carbocycles. The van der Waals surface area contributed by atoms with Gasteiger partial charge in [-0.25, -0.2) is 4.79 Å². The van der Waals surface area contributed by atoms with Gasteiger partial charge in [-0.2, -0.15) is 5.26 Å². The lowest BCUT2D eigenvalue weighted by Crippen LogP contribution is -2.51. The molecule has 1 fully saturated rings. The zero-order chi connectivity index (χ0) is 19.4. The van der Waals surface area contributed by atoms with Crippen LogP contribution in [-0.2, 0) is 14.3 Å². The first kappa shape index (κ1) is 19.2. The Morgan fingerprint density at radius 3 is 2.78 bits per heavy atom. The van der Waals surface area contributed by atoms with E-state index in [0.717, 1.165) is 19.3 Å². The summed E-state index contributed by atoms with van der Waals surface area (Å²) in [6.07, 6.45) is 5.85. The van der Waals surface area contributed by atoms with Gasteiger partial charge in [-0.15, -0.1) is 0 Å². The fourth-order valence-corrected chi connectivity index (χ4v) is 3.66. The van der Waals surface area contributed by atoms with Gasteiger partial charge in [0, 0.05) is 17.6 Å². The summed E-state index contributed by atoms with van der Waals surface area (Å²) in [7, 11) is 1.60. The van der Waals surface area contributed by atoms with Crippen molar-refractivity contribution in [3.8, 4) is 11.8 Å². The fourth-order valence-electron chi connectivity index (χ4n) is 3.48. The predicted molar refractivity (Wildman–Crippen MR) is 100 cm³/mol. The van der Waals surface area contributed by atoms with Crippen LogP contribution in [0.15, 0.2) is 23.8 Å². The second-order valence-electron chi connectivity index (χ2n) is 6.87. The van der Waals surface area contributed by atoms with Gasteiger partial charge in [0.1, 0.15) is 17.9 Å². The molecule has 7 heteroatoms. The van der Waals surface area contributed by atoms with E-state index in [4.69, 9.17) is 21.1 Å². The van der Waals surface area contributed by atoms with Crippen LogP contribution in [0, 0.1) is 11.3 Å². The Bertz CT molecular complexity index is 822. The van der Waals surface area contributed by atoms with E-state index in [1.165, 1.54) is 4.90 Å². The Morgan fingerprint density at radius 1 is 1.33 bits per heavy atom. The number of carbonyl (C=O) groups is 2. The maximum Gasteiger partial charge on any atom is 0.338 e. The number of nitrogens with zero attached hydrogens (tertiary/aromatic N) is 2. The van der Waals surface area contributed by atoms with Gasteiger partial charge in [0.05, 0.1) is 11.6 Å². The van der Waals surface area contributed by atoms with Crippen LogP contribution in [0.25, 0.3) is 6.08 Å². The Hall–Kier alpha value is -2.52. The number of benzene rings is 1. The molecule has 0 saturated heterocycles. The van der Waals surface area contributed by atoms with Gasteiger partial charge in [-0.1, -0.05) is 30.9 Å². The van der Waals surface area contributed by atoms with E-state index in [1.807, 2.05) is 0 Å². The van der Waals surface area contributed by atoms with Crippen molar-refractivity contribution in [2.24, 2.45) is 0 Å². The highest BCUT2D eigenvalue weighted by molar-refractivity contribution is 6.30. The van der Waals surface area contributed by atoms with Crippen LogP contribution in [0.1, 0.15) is 37.7 Å². The summed E-state index contributed by atoms with van der Waals surface area (Å²) in [5.74, 6) is -0.357. The summed E-state index contributed by atoms with van der Waals surface area (Å²) >= 11 is 5.96. The molecular weight excluding hydrogens is 368 g/mol. The number of hydrogen-bond acceptors (Lipinski definition) is 5. The summed E-state index contributed by atoms with van der Waals surface area (Å²) in [5, 5.41) is 10.1. The van der Waals surface area contributed by atoms with E-state index in [0.29, 0.717) is 34.8 Å². The van der Waals surface area contributed by atoms with Crippen LogP contribution >= 0.6 is 11.6 Å². The zero-order valence-corrected chi connectivity index (χ0v) is 15.9. The molecule has 0 bridgehead atoms. The second kappa shape index (κ2) is 8.01. The third-order valence-electron chi connectivity index (χ3n) is 5.18. The Balaban J connectivity index is 1.62. The lowest BCUT2D eigenvalue weighted by molar-refractivity contribution is -0.151. The molecular formula is C20H21ClN2O4. The van der Waals surface area contributed by atoms with Gasteiger partial charge in [0.15, 0.2) is 6.61 Å². The Labute approximate surface area is 163 Å². The third kappa shape index (κ3) is 4.09. The maximum absolute atomic E-state index is 12.5. The summed E-state index contributed by atoms with van der Waals surface area (Å²) in [4.78, 5) is 26.2. The standard InChI is InChI=1S/C20H21ClN2O4/c1-23(20(13-22)7-3-2-4-8-20)18(24)12-27-19(25)15-9-14-10-16(21)5-6-17(14)26-11-15/h5-6,9-10H,2-4,7-8,11-12H2,1H3. The van der Waals surface area contributed by atoms with Crippen molar-refractivity contribution in [3.05, 3.63) is 34.4 Å². The molecule has 0 N–H and O–H groups in total. The van der Waals surface area contributed by atoms with Gasteiger partial charge < -0.3 is 14.4 Å². The molecule has 3 rings (SSSR count). The number of amides is 1. The average Bonchev–Trinajstić information content (AvgIpc) is 2.71. The molecule has 1 amide bonds. The highest BCUT2D eigenvalue weighted by Gasteiger charge is 2.39. The summed E-state index contributed by atoms with van der Waals surface area (Å²) in [5.41, 5.74) is 0.202. The van der Waals surface area contributed by atoms with Gasteiger partial charge in [-0.3, -0.25) is 4.79 Å². The first-order valence-corrected chi connectivity index (χ1v) is 9.31. The maximum atomic E-state index is 12.5. The largest absolute Gasteiger partial charge is 0.488 e. The van der Waals surface area contributed by atoms with Crippen LogP contribution < -0.4 is 4.74 Å². The van der Waals surface area contributed by atoms with Crippen molar-refractivity contribution in [1.29, 1.82) is 5.26 Å². The molecule has 142 valence electrons. The number of esters is 1. The van der Waals surface area contributed by atoms with E-state index >= 15 is 0 Å². The van der Waals surface area contributed by atoms with Crippen molar-refractivity contribution < 1.29 is 19.1 Å². The number of likely N-dealkylation sites (N-methyl/N-ethyl adjacent to an activating group) is 1. The first-order chi connectivity index (χ1) is 12.9. The molecule has 0 atom stereocenters. The van der Waals surface area contributed by atoms with Crippen LogP contribution in [0.4, 0.5) is 0 Å². The van der Waals surface area contributed by atoms with Crippen LogP contribution in [-0.4, -0.2) is 42.6 Å². The summed E-state index contributed by atoms with van der Waals surface area (Å²) in [6.45, 7) is -0.335. The number of halogens is 1. The lowest BCUT2D eigenvalue weighted by Gasteiger charge is -2.38. The van der Waals surface area contributed by atoms with E-state index in [2.05, 4.69) is 6.07 Å². The number of rotatable bonds is 4. The van der Waals surface area contributed by atoms with E-state index in [9.17, 15) is 14.9 Å². The molecule has 1 heterocycles. The van der Waals surface area contributed by atoms with Crippen LogP contribution in [0.3, 0.4) is 0 Å². The number of carbonyl (C=O) groups excluding carboxylic acids is 2. The van der Waals surface area contributed by atoms with Crippen molar-refractivity contribution in [2.45, 2.75) is 37.6 Å². The normalized spacial score (nSPS) is 17.6. The van der Waals surface area contributed by atoms with Crippen molar-refractivity contribution in [1.82, 2.24) is 4.90 Å². The predicted octanol–water partition coefficient (Wildman–Crippen LogP) is 3.34. The van der Waals surface area contributed by atoms with Crippen molar-refractivity contribution >= 4 is 29.6 Å². The Morgan fingerprint density at radius 2 is 2.07 bits per heavy atom. The molecule has 0 unspecified atom stereocenters. The molecule has 0 aromatic heterocycles. The van der Waals surface area contributed by atoms with Crippen LogP contribution in [0.2, 0.25) is 5.02 Å². The quantitative estimate of drug-likeness (QED) is 0.739. The smallest absolute Gasteiger partial charge is 0.338 e. The molecule has 27 heavy (non-hydrogen) atoms. The number of hydrogen-bond donors (Lipinski definition) is 0. The van der Waals surface area contributed by atoms with E-state index in [1.54, 1.807) is 31.3 Å². The van der Waals surface area contributed by atoms with Crippen LogP contribution in [0.5, 0.6) is 5.75 Å². The molecule has 6 nitrogen and oxygen atoms in total. The SMILES string of the molecule is CN(C(=O)COC(=O)C1=Cc2cc(Cl)ccc2OC1)C1(C#N)CCCCC1. The van der Waals surface area contributed by atoms with E-state index in [-0.39, 0.29) is 12.5 Å². The molecule has 1 aliphatic carbocycles. The Kier molecular flexibility index (Phi) is 5.71. The lowest BCUT2D eigenvalue weighted by atomic mass is 9.81. The minimum Gasteiger partial charge on any atom is -0.488 e. The van der Waals surface area contributed by atoms with Crippen molar-refractivity contribution in [3.63, 3.8) is 0 Å². The van der Waals surface area contributed by atoms with Gasteiger partial charge >= 0.3 is 5.97 Å².